The minimum absolute atomic E-state index is 0.0836. The maximum atomic E-state index is 14.1. The van der Waals surface area contributed by atoms with Gasteiger partial charge in [0.15, 0.2) is 11.6 Å². The van der Waals surface area contributed by atoms with Crippen LogP contribution < -0.4 is 10.1 Å². The minimum atomic E-state index is -1.21. The Bertz CT molecular complexity index is 1260. The number of aliphatic hydroxyl groups is 1. The molecule has 2 N–H and O–H groups in total. The van der Waals surface area contributed by atoms with Crippen LogP contribution in [0.2, 0.25) is 0 Å². The molecule has 8 heteroatoms. The Morgan fingerprint density at radius 2 is 1.77 bits per heavy atom. The number of nitrogens with zero attached hydrogens (tertiary/aromatic N) is 1. The van der Waals surface area contributed by atoms with Crippen molar-refractivity contribution in [3.63, 3.8) is 0 Å². The number of carbonyl (C=O) groups excluding carboxylic acids is 1. The maximum absolute atomic E-state index is 14.1. The van der Waals surface area contributed by atoms with E-state index in [0.29, 0.717) is 37.6 Å². The largest absolute Gasteiger partial charge is 0.494 e. The smallest absolute Gasteiger partial charge is 0.252 e. The molecule has 1 aliphatic heterocycles. The number of rotatable bonds is 13. The number of hydrogen-bond acceptors (Lipinski definition) is 5. The second kappa shape index (κ2) is 14.1. The molecule has 1 heterocycles. The van der Waals surface area contributed by atoms with Crippen molar-refractivity contribution in [2.45, 2.75) is 50.7 Å². The molecule has 4 rings (SSSR count). The topological polar surface area (TPSA) is 80.2 Å². The predicted molar refractivity (Wildman–Crippen MR) is 161 cm³/mol. The van der Waals surface area contributed by atoms with Gasteiger partial charge in [-0.25, -0.2) is 4.99 Å². The second-order valence-corrected chi connectivity index (χ2v) is 11.3. The van der Waals surface area contributed by atoms with Gasteiger partial charge in [0.2, 0.25) is 5.90 Å². The van der Waals surface area contributed by atoms with Crippen LogP contribution in [0.4, 0.5) is 0 Å². The van der Waals surface area contributed by atoms with Crippen molar-refractivity contribution in [1.82, 2.24) is 5.32 Å². The van der Waals surface area contributed by atoms with E-state index >= 15 is 0 Å². The molecule has 6 nitrogen and oxygen atoms in total. The fourth-order valence-electron chi connectivity index (χ4n) is 4.58. The van der Waals surface area contributed by atoms with Crippen LogP contribution in [0.25, 0.3) is 0 Å². The summed E-state index contributed by atoms with van der Waals surface area (Å²) in [6.07, 6.45) is 3.33. The highest BCUT2D eigenvalue weighted by Gasteiger charge is 2.53. The molecule has 206 valence electrons. The molecule has 1 amide bonds. The normalized spacial score (nSPS) is 18.4. The predicted octanol–water partition coefficient (Wildman–Crippen LogP) is 6.78. The van der Waals surface area contributed by atoms with Crippen molar-refractivity contribution in [3.8, 4) is 5.75 Å². The molecule has 0 spiro atoms. The van der Waals surface area contributed by atoms with Gasteiger partial charge in [-0.05, 0) is 60.0 Å². The number of amides is 1. The quantitative estimate of drug-likeness (QED) is 0.199. The van der Waals surface area contributed by atoms with Gasteiger partial charge in [-0.3, -0.25) is 4.79 Å². The van der Waals surface area contributed by atoms with E-state index in [1.54, 1.807) is 0 Å². The highest BCUT2D eigenvalue weighted by Crippen LogP contribution is 2.43. The molecule has 0 unspecified atom stereocenters. The molecule has 0 aromatic heterocycles. The number of aliphatic hydroxyl groups excluding tert-OH is 1. The van der Waals surface area contributed by atoms with Crippen LogP contribution in [0.3, 0.4) is 0 Å². The van der Waals surface area contributed by atoms with E-state index in [-0.39, 0.29) is 12.5 Å². The van der Waals surface area contributed by atoms with Crippen LogP contribution in [0.5, 0.6) is 5.75 Å². The summed E-state index contributed by atoms with van der Waals surface area (Å²) in [6, 6.07) is 23.3. The number of unbranched alkanes of at least 4 members (excludes halogenated alkanes) is 2. The van der Waals surface area contributed by atoms with Gasteiger partial charge in [-0.15, -0.1) is 0 Å². The molecule has 3 aromatic carbocycles. The van der Waals surface area contributed by atoms with Crippen molar-refractivity contribution in [1.29, 1.82) is 0 Å². The number of halogens is 2. The second-order valence-electron chi connectivity index (χ2n) is 9.57. The number of hydrogen-bond donors (Lipinski definition) is 2. The van der Waals surface area contributed by atoms with Crippen LogP contribution in [0.1, 0.15) is 55.4 Å². The van der Waals surface area contributed by atoms with E-state index in [9.17, 15) is 4.79 Å². The highest BCUT2D eigenvalue weighted by atomic mass is 79.9. The van der Waals surface area contributed by atoms with E-state index in [2.05, 4.69) is 44.1 Å². The van der Waals surface area contributed by atoms with Gasteiger partial charge in [0.1, 0.15) is 5.75 Å². The van der Waals surface area contributed by atoms with Crippen LogP contribution in [-0.2, 0) is 16.0 Å². The summed E-state index contributed by atoms with van der Waals surface area (Å²) in [4.78, 5) is 19.2. The zero-order valence-corrected chi connectivity index (χ0v) is 25.2. The summed E-state index contributed by atoms with van der Waals surface area (Å²) in [7, 11) is 0. The SMILES string of the molecule is CCCCCNC(=O)[C@]1(Cc2ccccc2Br)N=C(c2ccc(OCCCO)cc2)O[C@@H]1c1ccc(Br)cc1. The summed E-state index contributed by atoms with van der Waals surface area (Å²) < 4.78 is 14.1. The van der Waals surface area contributed by atoms with Crippen LogP contribution >= 0.6 is 31.9 Å². The molecule has 3 aromatic rings. The van der Waals surface area contributed by atoms with E-state index in [1.807, 2.05) is 72.8 Å². The lowest BCUT2D eigenvalue weighted by Crippen LogP contribution is -2.50. The van der Waals surface area contributed by atoms with E-state index in [0.717, 1.165) is 44.9 Å². The monoisotopic (exact) mass is 656 g/mol. The Labute approximate surface area is 247 Å². The first-order chi connectivity index (χ1) is 19.0. The molecule has 2 atom stereocenters. The van der Waals surface area contributed by atoms with Gasteiger partial charge in [-0.2, -0.15) is 0 Å². The first-order valence-corrected chi connectivity index (χ1v) is 14.9. The van der Waals surface area contributed by atoms with Gasteiger partial charge >= 0.3 is 0 Å². The van der Waals surface area contributed by atoms with E-state index < -0.39 is 11.6 Å². The average molecular weight is 658 g/mol. The Hall–Kier alpha value is -2.68. The van der Waals surface area contributed by atoms with Gasteiger partial charge in [0.05, 0.1) is 6.61 Å². The first kappa shape index (κ1) is 29.3. The number of ether oxygens (including phenoxy) is 2. The van der Waals surface area contributed by atoms with Crippen molar-refractivity contribution in [3.05, 3.63) is 98.4 Å². The van der Waals surface area contributed by atoms with Crippen molar-refractivity contribution in [2.75, 3.05) is 19.8 Å². The Morgan fingerprint density at radius 3 is 2.46 bits per heavy atom. The van der Waals surface area contributed by atoms with Crippen molar-refractivity contribution < 1.29 is 19.4 Å². The van der Waals surface area contributed by atoms with E-state index in [4.69, 9.17) is 19.6 Å². The number of benzene rings is 3. The van der Waals surface area contributed by atoms with Gasteiger partial charge < -0.3 is 19.9 Å². The highest BCUT2D eigenvalue weighted by molar-refractivity contribution is 9.10. The van der Waals surface area contributed by atoms with Gasteiger partial charge in [0, 0.05) is 40.5 Å². The molecule has 0 saturated heterocycles. The molecular formula is C31H34Br2N2O4. The van der Waals surface area contributed by atoms with Gasteiger partial charge in [0.25, 0.3) is 5.91 Å². The minimum Gasteiger partial charge on any atom is -0.494 e. The summed E-state index contributed by atoms with van der Waals surface area (Å²) in [5, 5.41) is 12.2. The third-order valence-corrected chi connectivity index (χ3v) is 7.99. The average Bonchev–Trinajstić information content (AvgIpc) is 3.34. The van der Waals surface area contributed by atoms with Gasteiger partial charge in [-0.1, -0.05) is 82.0 Å². The van der Waals surface area contributed by atoms with Crippen molar-refractivity contribution in [2.24, 2.45) is 4.99 Å². The lowest BCUT2D eigenvalue weighted by atomic mass is 9.82. The summed E-state index contributed by atoms with van der Waals surface area (Å²) in [5.41, 5.74) is 1.40. The maximum Gasteiger partial charge on any atom is 0.252 e. The summed E-state index contributed by atoms with van der Waals surface area (Å²) >= 11 is 7.19. The van der Waals surface area contributed by atoms with Crippen LogP contribution in [0, 0.1) is 0 Å². The standard InChI is InChI=1S/C31H34Br2N2O4/c1-2-3-6-18-34-30(37)31(21-24-8-4-5-9-27(24)33)28(22-10-14-25(32)15-11-22)39-29(35-31)23-12-16-26(17-13-23)38-20-7-19-36/h4-5,8-17,28,36H,2-3,6-7,18-21H2,1H3,(H,34,37)/t28-,31-/m1/s1. The molecule has 0 bridgehead atoms. The molecule has 0 fully saturated rings. The third-order valence-electron chi connectivity index (χ3n) is 6.69. The Balaban J connectivity index is 1.75. The lowest BCUT2D eigenvalue weighted by Gasteiger charge is -2.31. The molecular weight excluding hydrogens is 624 g/mol. The van der Waals surface area contributed by atoms with E-state index in [1.165, 1.54) is 0 Å². The molecule has 0 aliphatic carbocycles. The van der Waals surface area contributed by atoms with Crippen LogP contribution in [0.15, 0.2) is 86.7 Å². The molecule has 39 heavy (non-hydrogen) atoms. The zero-order chi connectivity index (χ0) is 27.7. The first-order valence-electron chi connectivity index (χ1n) is 13.3. The number of nitrogens with one attached hydrogen (secondary N) is 1. The fourth-order valence-corrected chi connectivity index (χ4v) is 5.27. The lowest BCUT2D eigenvalue weighted by molar-refractivity contribution is -0.128. The third kappa shape index (κ3) is 7.29. The number of carbonyl (C=O) groups is 1. The van der Waals surface area contributed by atoms with Crippen LogP contribution in [-0.4, -0.2) is 42.2 Å². The summed E-state index contributed by atoms with van der Waals surface area (Å²) in [5.74, 6) is 0.963. The Morgan fingerprint density at radius 1 is 1.03 bits per heavy atom. The molecule has 0 saturated carbocycles. The number of aliphatic imine (C=N–C) groups is 1. The Kier molecular flexibility index (Phi) is 10.6. The summed E-state index contributed by atoms with van der Waals surface area (Å²) in [6.45, 7) is 3.25. The molecule has 0 radical (unpaired) electrons. The fraction of sp³-hybridized carbons (Fsp3) is 0.355. The van der Waals surface area contributed by atoms with Crippen molar-refractivity contribution >= 4 is 43.7 Å². The zero-order valence-electron chi connectivity index (χ0n) is 22.0. The molecule has 1 aliphatic rings.